The number of halogens is 1. The average Bonchev–Trinajstić information content (AvgIpc) is 2.83. The number of aryl methyl sites for hydroxylation is 1. The van der Waals surface area contributed by atoms with Gasteiger partial charge in [-0.3, -0.25) is 4.79 Å². The van der Waals surface area contributed by atoms with E-state index in [2.05, 4.69) is 10.5 Å². The second-order valence-corrected chi connectivity index (χ2v) is 8.21. The summed E-state index contributed by atoms with van der Waals surface area (Å²) in [5.74, 6) is -1.17. The van der Waals surface area contributed by atoms with Gasteiger partial charge < -0.3 is 14.6 Å². The molecule has 0 aromatic heterocycles. The molecular formula is C21H24BFN2O4. The van der Waals surface area contributed by atoms with Crippen LogP contribution in [-0.2, 0) is 14.1 Å². The molecule has 0 spiro atoms. The Morgan fingerprint density at radius 3 is 2.31 bits per heavy atom. The van der Waals surface area contributed by atoms with Crippen molar-refractivity contribution in [1.29, 1.82) is 0 Å². The molecule has 1 N–H and O–H groups in total. The number of carbonyl (C=O) groups is 1. The first-order valence-corrected chi connectivity index (χ1v) is 9.39. The van der Waals surface area contributed by atoms with Crippen LogP contribution >= 0.6 is 0 Å². The van der Waals surface area contributed by atoms with Gasteiger partial charge in [0.2, 0.25) is 0 Å². The van der Waals surface area contributed by atoms with Gasteiger partial charge in [0, 0.05) is 5.69 Å². The van der Waals surface area contributed by atoms with Crippen molar-refractivity contribution in [3.8, 4) is 0 Å². The molecule has 2 aromatic rings. The Kier molecular flexibility index (Phi) is 5.60. The van der Waals surface area contributed by atoms with Gasteiger partial charge in [-0.05, 0) is 75.5 Å². The Morgan fingerprint density at radius 1 is 1.10 bits per heavy atom. The van der Waals surface area contributed by atoms with Crippen molar-refractivity contribution >= 4 is 24.2 Å². The minimum absolute atomic E-state index is 0.197. The van der Waals surface area contributed by atoms with E-state index < -0.39 is 36.1 Å². The van der Waals surface area contributed by atoms with Gasteiger partial charge in [0.25, 0.3) is 5.91 Å². The summed E-state index contributed by atoms with van der Waals surface area (Å²) in [6.07, 6.45) is 0. The standard InChI is InChI=1S/C21H24BFN2O4/c1-13-11-16(9-10-17(13)22-28-20(2,3)21(4,5)29-22)24-19(26)18(25-27)14-7-6-8-15(23)12-14/h6-12,18H,1-5H3,(H,24,26). The molecule has 6 nitrogen and oxygen atoms in total. The molecule has 2 aromatic carbocycles. The van der Waals surface area contributed by atoms with E-state index >= 15 is 0 Å². The normalized spacial score (nSPS) is 18.3. The molecule has 1 saturated heterocycles. The molecule has 1 unspecified atom stereocenters. The SMILES string of the molecule is Cc1cc(NC(=O)C(N=O)c2cccc(F)c2)ccc1B1OC(C)(C)C(C)(C)O1. The largest absolute Gasteiger partial charge is 0.495 e. The first-order valence-electron chi connectivity index (χ1n) is 9.39. The summed E-state index contributed by atoms with van der Waals surface area (Å²) in [7, 11) is -0.513. The molecule has 152 valence electrons. The van der Waals surface area contributed by atoms with E-state index in [-0.39, 0.29) is 5.56 Å². The van der Waals surface area contributed by atoms with Crippen molar-refractivity contribution in [2.45, 2.75) is 51.9 Å². The molecule has 0 aliphatic carbocycles. The maximum atomic E-state index is 13.4. The molecule has 0 saturated carbocycles. The van der Waals surface area contributed by atoms with Crippen LogP contribution in [0.25, 0.3) is 0 Å². The number of carbonyl (C=O) groups excluding carboxylic acids is 1. The fraction of sp³-hybridized carbons (Fsp3) is 0.381. The van der Waals surface area contributed by atoms with Gasteiger partial charge in [-0.25, -0.2) is 4.39 Å². The fourth-order valence-corrected chi connectivity index (χ4v) is 3.14. The average molecular weight is 398 g/mol. The van der Waals surface area contributed by atoms with Gasteiger partial charge in [0.15, 0.2) is 6.04 Å². The van der Waals surface area contributed by atoms with Crippen molar-refractivity contribution in [3.05, 3.63) is 64.3 Å². The van der Waals surface area contributed by atoms with Gasteiger partial charge >= 0.3 is 7.12 Å². The van der Waals surface area contributed by atoms with E-state index in [1.807, 2.05) is 40.7 Å². The van der Waals surface area contributed by atoms with E-state index in [1.54, 1.807) is 12.1 Å². The number of nitrogens with zero attached hydrogens (tertiary/aromatic N) is 1. The number of nitrogens with one attached hydrogen (secondary N) is 1. The lowest BCUT2D eigenvalue weighted by atomic mass is 9.76. The predicted octanol–water partition coefficient (Wildman–Crippen LogP) is 3.88. The van der Waals surface area contributed by atoms with Gasteiger partial charge in [-0.2, -0.15) is 0 Å². The Morgan fingerprint density at radius 2 is 1.76 bits per heavy atom. The zero-order chi connectivity index (χ0) is 21.4. The highest BCUT2D eigenvalue weighted by atomic mass is 19.1. The number of anilines is 1. The van der Waals surface area contributed by atoms with Crippen LogP contribution in [0.1, 0.15) is 44.9 Å². The number of nitroso groups, excluding NO2 is 1. The van der Waals surface area contributed by atoms with Gasteiger partial charge in [0.05, 0.1) is 11.2 Å². The third-order valence-corrected chi connectivity index (χ3v) is 5.56. The smallest absolute Gasteiger partial charge is 0.399 e. The van der Waals surface area contributed by atoms with E-state index in [1.165, 1.54) is 18.2 Å². The lowest BCUT2D eigenvalue weighted by molar-refractivity contribution is -0.117. The summed E-state index contributed by atoms with van der Waals surface area (Å²) >= 11 is 0. The van der Waals surface area contributed by atoms with E-state index in [9.17, 15) is 14.1 Å². The maximum Gasteiger partial charge on any atom is 0.495 e. The molecular weight excluding hydrogens is 374 g/mol. The van der Waals surface area contributed by atoms with Crippen LogP contribution in [-0.4, -0.2) is 24.2 Å². The first-order chi connectivity index (χ1) is 13.5. The number of amides is 1. The minimum Gasteiger partial charge on any atom is -0.399 e. The van der Waals surface area contributed by atoms with Crippen LogP contribution in [0.3, 0.4) is 0 Å². The van der Waals surface area contributed by atoms with Crippen molar-refractivity contribution < 1.29 is 18.5 Å². The van der Waals surface area contributed by atoms with Crippen molar-refractivity contribution in [2.24, 2.45) is 5.18 Å². The number of benzene rings is 2. The minimum atomic E-state index is -1.34. The molecule has 1 amide bonds. The number of hydrogen-bond acceptors (Lipinski definition) is 5. The zero-order valence-electron chi connectivity index (χ0n) is 17.2. The number of hydrogen-bond donors (Lipinski definition) is 1. The van der Waals surface area contributed by atoms with Crippen LogP contribution in [0.2, 0.25) is 0 Å². The molecule has 0 radical (unpaired) electrons. The topological polar surface area (TPSA) is 77.0 Å². The van der Waals surface area contributed by atoms with Crippen LogP contribution in [0.4, 0.5) is 10.1 Å². The molecule has 8 heteroatoms. The zero-order valence-corrected chi connectivity index (χ0v) is 17.2. The lowest BCUT2D eigenvalue weighted by Crippen LogP contribution is -2.41. The number of rotatable bonds is 5. The maximum absolute atomic E-state index is 13.4. The molecule has 29 heavy (non-hydrogen) atoms. The quantitative estimate of drug-likeness (QED) is 0.613. The Balaban J connectivity index is 1.77. The van der Waals surface area contributed by atoms with Crippen molar-refractivity contribution in [2.75, 3.05) is 5.32 Å². The van der Waals surface area contributed by atoms with Crippen LogP contribution in [0.15, 0.2) is 47.6 Å². The van der Waals surface area contributed by atoms with Gasteiger partial charge in [-0.15, -0.1) is 4.91 Å². The van der Waals surface area contributed by atoms with Crippen molar-refractivity contribution in [1.82, 2.24) is 0 Å². The molecule has 1 fully saturated rings. The third-order valence-electron chi connectivity index (χ3n) is 5.56. The predicted molar refractivity (Wildman–Crippen MR) is 110 cm³/mol. The second-order valence-electron chi connectivity index (χ2n) is 8.21. The molecule has 1 aliphatic heterocycles. The molecule has 1 heterocycles. The summed E-state index contributed by atoms with van der Waals surface area (Å²) in [5.41, 5.74) is 1.51. The van der Waals surface area contributed by atoms with E-state index in [0.717, 1.165) is 17.1 Å². The Labute approximate surface area is 169 Å². The summed E-state index contributed by atoms with van der Waals surface area (Å²) in [6.45, 7) is 9.82. The highest BCUT2D eigenvalue weighted by molar-refractivity contribution is 6.62. The van der Waals surface area contributed by atoms with E-state index in [4.69, 9.17) is 9.31 Å². The highest BCUT2D eigenvalue weighted by Gasteiger charge is 2.52. The lowest BCUT2D eigenvalue weighted by Gasteiger charge is -2.32. The van der Waals surface area contributed by atoms with Gasteiger partial charge in [-0.1, -0.05) is 23.4 Å². The molecule has 1 atom stereocenters. The van der Waals surface area contributed by atoms with Crippen molar-refractivity contribution in [3.63, 3.8) is 0 Å². The Hall–Kier alpha value is -2.58. The Bertz CT molecular complexity index is 932. The monoisotopic (exact) mass is 398 g/mol. The fourth-order valence-electron chi connectivity index (χ4n) is 3.14. The summed E-state index contributed by atoms with van der Waals surface area (Å²) in [4.78, 5) is 23.7. The van der Waals surface area contributed by atoms with Crippen LogP contribution in [0, 0.1) is 17.6 Å². The first kappa shape index (κ1) is 21.1. The van der Waals surface area contributed by atoms with Crippen LogP contribution in [0.5, 0.6) is 0 Å². The van der Waals surface area contributed by atoms with Crippen LogP contribution < -0.4 is 10.8 Å². The molecule has 3 rings (SSSR count). The van der Waals surface area contributed by atoms with E-state index in [0.29, 0.717) is 5.69 Å². The van der Waals surface area contributed by atoms with Gasteiger partial charge in [0.1, 0.15) is 5.82 Å². The molecule has 0 bridgehead atoms. The highest BCUT2D eigenvalue weighted by Crippen LogP contribution is 2.36. The summed E-state index contributed by atoms with van der Waals surface area (Å²) < 4.78 is 25.6. The second kappa shape index (κ2) is 7.69. The summed E-state index contributed by atoms with van der Waals surface area (Å²) in [6, 6.07) is 9.23. The summed E-state index contributed by atoms with van der Waals surface area (Å²) in [5, 5.41) is 5.53. The third kappa shape index (κ3) is 4.23. The molecule has 1 aliphatic rings.